The van der Waals surface area contributed by atoms with Crippen molar-refractivity contribution in [2.75, 3.05) is 25.0 Å². The number of carbonyl (C=O) groups excluding carboxylic acids is 1. The summed E-state index contributed by atoms with van der Waals surface area (Å²) < 4.78 is 37.8. The highest BCUT2D eigenvalue weighted by Crippen LogP contribution is 2.30. The molecule has 110 valence electrons. The van der Waals surface area contributed by atoms with E-state index in [2.05, 4.69) is 10.3 Å². The fourth-order valence-corrected chi connectivity index (χ4v) is 2.33. The lowest BCUT2D eigenvalue weighted by atomic mass is 9.96. The molecular formula is C13H16F3N3O. The van der Waals surface area contributed by atoms with Gasteiger partial charge in [-0.05, 0) is 25.0 Å². The van der Waals surface area contributed by atoms with Crippen LogP contribution in [0.5, 0.6) is 0 Å². The number of pyridine rings is 1. The minimum Gasteiger partial charge on any atom is -0.359 e. The number of aromatic nitrogens is 1. The Hall–Kier alpha value is -1.79. The predicted molar refractivity (Wildman–Crippen MR) is 68.2 cm³/mol. The Labute approximate surface area is 115 Å². The Bertz CT molecular complexity index is 482. The molecule has 1 aliphatic rings. The second kappa shape index (κ2) is 5.68. The van der Waals surface area contributed by atoms with E-state index in [9.17, 15) is 18.0 Å². The van der Waals surface area contributed by atoms with E-state index in [-0.39, 0.29) is 11.8 Å². The predicted octanol–water partition coefficient (Wildman–Crippen LogP) is 2.06. The summed E-state index contributed by atoms with van der Waals surface area (Å²) in [6.07, 6.45) is -3.19. The highest BCUT2D eigenvalue weighted by Gasteiger charge is 2.33. The van der Waals surface area contributed by atoms with Gasteiger partial charge in [-0.15, -0.1) is 0 Å². The van der Waals surface area contributed by atoms with Crippen LogP contribution in [0.15, 0.2) is 18.2 Å². The quantitative estimate of drug-likeness (QED) is 0.905. The van der Waals surface area contributed by atoms with Gasteiger partial charge in [0.25, 0.3) is 0 Å². The van der Waals surface area contributed by atoms with Gasteiger partial charge < -0.3 is 10.2 Å². The zero-order valence-corrected chi connectivity index (χ0v) is 11.1. The maximum absolute atomic E-state index is 12.6. The number of rotatable bonds is 2. The van der Waals surface area contributed by atoms with Crippen molar-refractivity contribution in [2.45, 2.75) is 19.0 Å². The Morgan fingerprint density at radius 3 is 2.55 bits per heavy atom. The normalized spacial score (nSPS) is 17.1. The number of halogens is 3. The third-order valence-corrected chi connectivity index (χ3v) is 3.46. The summed E-state index contributed by atoms with van der Waals surface area (Å²) >= 11 is 0. The number of nitrogens with one attached hydrogen (secondary N) is 1. The fraction of sp³-hybridized carbons (Fsp3) is 0.538. The number of amides is 1. The molecule has 2 heterocycles. The van der Waals surface area contributed by atoms with Crippen molar-refractivity contribution in [3.63, 3.8) is 0 Å². The molecule has 0 bridgehead atoms. The Balaban J connectivity index is 2.06. The van der Waals surface area contributed by atoms with E-state index in [1.165, 1.54) is 6.07 Å². The molecule has 1 N–H and O–H groups in total. The maximum atomic E-state index is 12.6. The Morgan fingerprint density at radius 2 is 2.00 bits per heavy atom. The number of hydrogen-bond acceptors (Lipinski definition) is 3. The molecule has 2 rings (SSSR count). The second-order valence-corrected chi connectivity index (χ2v) is 4.75. The van der Waals surface area contributed by atoms with Gasteiger partial charge in [0.1, 0.15) is 11.5 Å². The van der Waals surface area contributed by atoms with Crippen LogP contribution < -0.4 is 10.2 Å². The van der Waals surface area contributed by atoms with Gasteiger partial charge in [-0.3, -0.25) is 4.79 Å². The third kappa shape index (κ3) is 3.20. The van der Waals surface area contributed by atoms with Gasteiger partial charge in [-0.1, -0.05) is 6.07 Å². The molecule has 4 nitrogen and oxygen atoms in total. The van der Waals surface area contributed by atoms with Gasteiger partial charge in [0, 0.05) is 26.1 Å². The number of hydrogen-bond donors (Lipinski definition) is 1. The van der Waals surface area contributed by atoms with E-state index in [4.69, 9.17) is 0 Å². The smallest absolute Gasteiger partial charge is 0.359 e. The van der Waals surface area contributed by atoms with Gasteiger partial charge in [-0.2, -0.15) is 13.2 Å². The lowest BCUT2D eigenvalue weighted by Crippen LogP contribution is -2.40. The summed E-state index contributed by atoms with van der Waals surface area (Å²) in [4.78, 5) is 16.9. The highest BCUT2D eigenvalue weighted by molar-refractivity contribution is 5.78. The van der Waals surface area contributed by atoms with Crippen molar-refractivity contribution >= 4 is 11.7 Å². The average molecular weight is 287 g/mol. The molecule has 0 saturated carbocycles. The first-order valence-electron chi connectivity index (χ1n) is 6.42. The van der Waals surface area contributed by atoms with Crippen LogP contribution in [0.25, 0.3) is 0 Å². The monoisotopic (exact) mass is 287 g/mol. The van der Waals surface area contributed by atoms with Crippen molar-refractivity contribution in [1.82, 2.24) is 10.3 Å². The third-order valence-electron chi connectivity index (χ3n) is 3.46. The molecule has 1 aromatic heterocycles. The molecular weight excluding hydrogens is 271 g/mol. The minimum absolute atomic E-state index is 0.0124. The molecule has 20 heavy (non-hydrogen) atoms. The summed E-state index contributed by atoms with van der Waals surface area (Å²) in [6, 6.07) is 3.88. The highest BCUT2D eigenvalue weighted by atomic mass is 19.4. The first-order chi connectivity index (χ1) is 9.41. The Kier molecular flexibility index (Phi) is 4.15. The van der Waals surface area contributed by atoms with Crippen molar-refractivity contribution < 1.29 is 18.0 Å². The molecule has 0 atom stereocenters. The SMILES string of the molecule is CNC(=O)C1CCN(c2cccc(C(F)(F)F)n2)CC1. The first-order valence-corrected chi connectivity index (χ1v) is 6.42. The van der Waals surface area contributed by atoms with E-state index in [0.717, 1.165) is 6.07 Å². The second-order valence-electron chi connectivity index (χ2n) is 4.75. The number of alkyl halides is 3. The number of anilines is 1. The van der Waals surface area contributed by atoms with Crippen molar-refractivity contribution in [3.05, 3.63) is 23.9 Å². The molecule has 1 fully saturated rings. The lowest BCUT2D eigenvalue weighted by molar-refractivity contribution is -0.141. The molecule has 0 radical (unpaired) electrons. The van der Waals surface area contributed by atoms with Crippen LogP contribution in [0.1, 0.15) is 18.5 Å². The van der Waals surface area contributed by atoms with Crippen molar-refractivity contribution in [3.8, 4) is 0 Å². The van der Waals surface area contributed by atoms with E-state index in [1.54, 1.807) is 18.0 Å². The standard InChI is InChI=1S/C13H16F3N3O/c1-17-12(20)9-5-7-19(8-6-9)11-4-2-3-10(18-11)13(14,15)16/h2-4,9H,5-8H2,1H3,(H,17,20). The summed E-state index contributed by atoms with van der Waals surface area (Å²) in [7, 11) is 1.59. The van der Waals surface area contributed by atoms with E-state index in [0.29, 0.717) is 31.7 Å². The van der Waals surface area contributed by atoms with Gasteiger partial charge in [0.15, 0.2) is 0 Å². The zero-order chi connectivity index (χ0) is 14.8. The van der Waals surface area contributed by atoms with Gasteiger partial charge in [0.2, 0.25) is 5.91 Å². The number of piperidine rings is 1. The van der Waals surface area contributed by atoms with Crippen LogP contribution >= 0.6 is 0 Å². The van der Waals surface area contributed by atoms with Crippen LogP contribution in [-0.4, -0.2) is 31.0 Å². The fourth-order valence-electron chi connectivity index (χ4n) is 2.33. The average Bonchev–Trinajstić information content (AvgIpc) is 2.46. The number of carbonyl (C=O) groups is 1. The topological polar surface area (TPSA) is 45.2 Å². The Morgan fingerprint density at radius 1 is 1.35 bits per heavy atom. The van der Waals surface area contributed by atoms with Gasteiger partial charge >= 0.3 is 6.18 Å². The molecule has 0 aromatic carbocycles. The first kappa shape index (κ1) is 14.6. The summed E-state index contributed by atoms with van der Waals surface area (Å²) in [6.45, 7) is 1.07. The van der Waals surface area contributed by atoms with Gasteiger partial charge in [0.05, 0.1) is 0 Å². The molecule has 0 unspecified atom stereocenters. The summed E-state index contributed by atoms with van der Waals surface area (Å²) in [5, 5.41) is 2.60. The van der Waals surface area contributed by atoms with Crippen LogP contribution in [0.4, 0.5) is 19.0 Å². The van der Waals surface area contributed by atoms with E-state index in [1.807, 2.05) is 0 Å². The van der Waals surface area contributed by atoms with Crippen molar-refractivity contribution in [2.24, 2.45) is 5.92 Å². The zero-order valence-electron chi connectivity index (χ0n) is 11.1. The minimum atomic E-state index is -4.43. The van der Waals surface area contributed by atoms with E-state index >= 15 is 0 Å². The van der Waals surface area contributed by atoms with Crippen LogP contribution in [0.3, 0.4) is 0 Å². The van der Waals surface area contributed by atoms with Gasteiger partial charge in [-0.25, -0.2) is 4.98 Å². The molecule has 1 aliphatic heterocycles. The molecule has 7 heteroatoms. The molecule has 1 aromatic rings. The summed E-state index contributed by atoms with van der Waals surface area (Å²) in [5.74, 6) is 0.235. The molecule has 1 saturated heterocycles. The van der Waals surface area contributed by atoms with Crippen molar-refractivity contribution in [1.29, 1.82) is 0 Å². The maximum Gasteiger partial charge on any atom is 0.433 e. The molecule has 0 spiro atoms. The summed E-state index contributed by atoms with van der Waals surface area (Å²) in [5.41, 5.74) is -0.886. The largest absolute Gasteiger partial charge is 0.433 e. The van der Waals surface area contributed by atoms with Crippen LogP contribution in [0, 0.1) is 5.92 Å². The van der Waals surface area contributed by atoms with E-state index < -0.39 is 11.9 Å². The van der Waals surface area contributed by atoms with Crippen LogP contribution in [-0.2, 0) is 11.0 Å². The lowest BCUT2D eigenvalue weighted by Gasteiger charge is -2.32. The molecule has 0 aliphatic carbocycles. The van der Waals surface area contributed by atoms with Crippen LogP contribution in [0.2, 0.25) is 0 Å². The number of nitrogens with zero attached hydrogens (tertiary/aromatic N) is 2. The molecule has 1 amide bonds.